The lowest BCUT2D eigenvalue weighted by Crippen LogP contribution is -2.23. The van der Waals surface area contributed by atoms with E-state index < -0.39 is 0 Å². The van der Waals surface area contributed by atoms with Crippen LogP contribution in [-0.4, -0.2) is 19.6 Å². The Hall–Kier alpha value is -0.940. The first-order chi connectivity index (χ1) is 7.13. The van der Waals surface area contributed by atoms with Gasteiger partial charge < -0.3 is 10.1 Å². The summed E-state index contributed by atoms with van der Waals surface area (Å²) >= 11 is 3.24. The Morgan fingerprint density at radius 1 is 1.60 bits per heavy atom. The minimum atomic E-state index is -0.370. The first kappa shape index (κ1) is 12.1. The van der Waals surface area contributed by atoms with Gasteiger partial charge in [-0.25, -0.2) is 4.39 Å². The average molecular weight is 276 g/mol. The van der Waals surface area contributed by atoms with Crippen molar-refractivity contribution in [1.82, 2.24) is 5.32 Å². The monoisotopic (exact) mass is 275 g/mol. The highest BCUT2D eigenvalue weighted by molar-refractivity contribution is 9.10. The SMILES string of the molecule is COC(=O)CNCc1cc(Br)ccc1F. The van der Waals surface area contributed by atoms with E-state index in [0.717, 1.165) is 4.47 Å². The molecule has 0 saturated heterocycles. The second-order valence-corrected chi connectivity index (χ2v) is 3.83. The Labute approximate surface area is 95.7 Å². The van der Waals surface area contributed by atoms with E-state index in [-0.39, 0.29) is 18.3 Å². The standard InChI is InChI=1S/C10H11BrFNO2/c1-15-10(14)6-13-5-7-4-8(11)2-3-9(7)12/h2-4,13H,5-6H2,1H3. The topological polar surface area (TPSA) is 38.3 Å². The summed E-state index contributed by atoms with van der Waals surface area (Å²) in [4.78, 5) is 10.8. The van der Waals surface area contributed by atoms with Gasteiger partial charge in [0.15, 0.2) is 0 Å². The number of hydrogen-bond acceptors (Lipinski definition) is 3. The van der Waals surface area contributed by atoms with Crippen LogP contribution in [0.15, 0.2) is 22.7 Å². The first-order valence-corrected chi connectivity index (χ1v) is 5.14. The van der Waals surface area contributed by atoms with Crippen molar-refractivity contribution in [3.05, 3.63) is 34.1 Å². The lowest BCUT2D eigenvalue weighted by molar-refractivity contribution is -0.139. The van der Waals surface area contributed by atoms with Crippen molar-refractivity contribution < 1.29 is 13.9 Å². The van der Waals surface area contributed by atoms with Crippen LogP contribution in [0.1, 0.15) is 5.56 Å². The predicted molar refractivity (Wildman–Crippen MR) is 57.8 cm³/mol. The fourth-order valence-corrected chi connectivity index (χ4v) is 1.46. The van der Waals surface area contributed by atoms with Crippen molar-refractivity contribution in [3.63, 3.8) is 0 Å². The zero-order chi connectivity index (χ0) is 11.3. The number of hydrogen-bond donors (Lipinski definition) is 1. The Balaban J connectivity index is 2.50. The second kappa shape index (κ2) is 5.82. The molecule has 0 amide bonds. The highest BCUT2D eigenvalue weighted by Crippen LogP contribution is 2.15. The zero-order valence-electron chi connectivity index (χ0n) is 8.22. The van der Waals surface area contributed by atoms with Crippen LogP contribution in [-0.2, 0) is 16.1 Å². The molecule has 15 heavy (non-hydrogen) atoms. The van der Waals surface area contributed by atoms with Gasteiger partial charge in [-0.05, 0) is 18.2 Å². The summed E-state index contributed by atoms with van der Waals surface area (Å²) in [5, 5.41) is 2.79. The molecule has 0 aliphatic heterocycles. The number of methoxy groups -OCH3 is 1. The molecular formula is C10H11BrFNO2. The molecule has 0 aliphatic carbocycles. The Bertz CT molecular complexity index is 357. The van der Waals surface area contributed by atoms with Crippen molar-refractivity contribution in [3.8, 4) is 0 Å². The van der Waals surface area contributed by atoms with E-state index in [1.165, 1.54) is 13.2 Å². The van der Waals surface area contributed by atoms with Crippen molar-refractivity contribution in [2.75, 3.05) is 13.7 Å². The van der Waals surface area contributed by atoms with Gasteiger partial charge in [-0.3, -0.25) is 4.79 Å². The molecule has 0 aromatic heterocycles. The molecule has 0 heterocycles. The summed E-state index contributed by atoms with van der Waals surface area (Å²) in [5.41, 5.74) is 0.508. The quantitative estimate of drug-likeness (QED) is 0.853. The fraction of sp³-hybridized carbons (Fsp3) is 0.300. The van der Waals surface area contributed by atoms with Crippen molar-refractivity contribution in [1.29, 1.82) is 0 Å². The molecule has 0 radical (unpaired) electrons. The summed E-state index contributed by atoms with van der Waals surface area (Å²) in [6, 6.07) is 4.66. The first-order valence-electron chi connectivity index (χ1n) is 4.35. The van der Waals surface area contributed by atoms with Gasteiger partial charge in [0.2, 0.25) is 0 Å². The van der Waals surface area contributed by atoms with Crippen LogP contribution in [0.2, 0.25) is 0 Å². The number of carbonyl (C=O) groups is 1. The maximum absolute atomic E-state index is 13.2. The van der Waals surface area contributed by atoms with Gasteiger partial charge in [0, 0.05) is 16.6 Å². The highest BCUT2D eigenvalue weighted by Gasteiger charge is 2.04. The normalized spacial score (nSPS) is 10.1. The molecule has 1 aromatic carbocycles. The van der Waals surface area contributed by atoms with Crippen LogP contribution in [0.3, 0.4) is 0 Å². The average Bonchev–Trinajstić information content (AvgIpc) is 2.23. The van der Waals surface area contributed by atoms with Crippen molar-refractivity contribution >= 4 is 21.9 Å². The molecule has 1 N–H and O–H groups in total. The smallest absolute Gasteiger partial charge is 0.319 e. The van der Waals surface area contributed by atoms with Crippen LogP contribution in [0.4, 0.5) is 4.39 Å². The zero-order valence-corrected chi connectivity index (χ0v) is 9.80. The molecule has 0 bridgehead atoms. The Morgan fingerprint density at radius 3 is 3.00 bits per heavy atom. The number of ether oxygens (including phenoxy) is 1. The molecule has 0 fully saturated rings. The summed E-state index contributed by atoms with van der Waals surface area (Å²) in [6.45, 7) is 0.364. The fourth-order valence-electron chi connectivity index (χ4n) is 1.05. The van der Waals surface area contributed by atoms with Gasteiger partial charge in [-0.15, -0.1) is 0 Å². The maximum Gasteiger partial charge on any atom is 0.319 e. The molecule has 0 saturated carbocycles. The van der Waals surface area contributed by atoms with Crippen LogP contribution in [0.25, 0.3) is 0 Å². The van der Waals surface area contributed by atoms with Gasteiger partial charge in [0.1, 0.15) is 5.82 Å². The predicted octanol–water partition coefficient (Wildman–Crippen LogP) is 1.85. The maximum atomic E-state index is 13.2. The molecule has 3 nitrogen and oxygen atoms in total. The van der Waals surface area contributed by atoms with E-state index in [2.05, 4.69) is 26.0 Å². The minimum absolute atomic E-state index is 0.0719. The highest BCUT2D eigenvalue weighted by atomic mass is 79.9. The number of carbonyl (C=O) groups excluding carboxylic acids is 1. The molecule has 0 aliphatic rings. The number of halogens is 2. The Kier molecular flexibility index (Phi) is 4.71. The lowest BCUT2D eigenvalue weighted by Gasteiger charge is -2.05. The third-order valence-corrected chi connectivity index (χ3v) is 2.31. The summed E-state index contributed by atoms with van der Waals surface area (Å²) in [6.07, 6.45) is 0. The lowest BCUT2D eigenvalue weighted by atomic mass is 10.2. The summed E-state index contributed by atoms with van der Waals surface area (Å²) in [5.74, 6) is -0.666. The number of nitrogens with one attached hydrogen (secondary N) is 1. The van der Waals surface area contributed by atoms with E-state index >= 15 is 0 Å². The van der Waals surface area contributed by atoms with Crippen molar-refractivity contribution in [2.45, 2.75) is 6.54 Å². The molecule has 1 aromatic rings. The molecule has 1 rings (SSSR count). The van der Waals surface area contributed by atoms with Crippen LogP contribution < -0.4 is 5.32 Å². The number of esters is 1. The van der Waals surface area contributed by atoms with Crippen LogP contribution in [0, 0.1) is 5.82 Å². The van der Waals surface area contributed by atoms with Gasteiger partial charge in [0.05, 0.1) is 13.7 Å². The van der Waals surface area contributed by atoms with E-state index in [9.17, 15) is 9.18 Å². The minimum Gasteiger partial charge on any atom is -0.468 e. The third kappa shape index (κ3) is 3.97. The molecule has 82 valence electrons. The Morgan fingerprint density at radius 2 is 2.33 bits per heavy atom. The largest absolute Gasteiger partial charge is 0.468 e. The van der Waals surface area contributed by atoms with E-state index in [1.807, 2.05) is 0 Å². The molecular weight excluding hydrogens is 265 g/mol. The molecule has 0 atom stereocenters. The third-order valence-electron chi connectivity index (χ3n) is 1.82. The number of rotatable bonds is 4. The van der Waals surface area contributed by atoms with Gasteiger partial charge in [0.25, 0.3) is 0 Å². The van der Waals surface area contributed by atoms with E-state index in [0.29, 0.717) is 12.1 Å². The molecule has 0 spiro atoms. The molecule has 0 unspecified atom stereocenters. The van der Waals surface area contributed by atoms with Gasteiger partial charge in [-0.1, -0.05) is 15.9 Å². The van der Waals surface area contributed by atoms with Crippen LogP contribution >= 0.6 is 15.9 Å². The van der Waals surface area contributed by atoms with Gasteiger partial charge in [-0.2, -0.15) is 0 Å². The second-order valence-electron chi connectivity index (χ2n) is 2.92. The number of benzene rings is 1. The van der Waals surface area contributed by atoms with Gasteiger partial charge >= 0.3 is 5.97 Å². The van der Waals surface area contributed by atoms with E-state index in [1.54, 1.807) is 12.1 Å². The van der Waals surface area contributed by atoms with Crippen LogP contribution in [0.5, 0.6) is 0 Å². The summed E-state index contributed by atoms with van der Waals surface area (Å²) in [7, 11) is 1.31. The molecule has 5 heteroatoms. The van der Waals surface area contributed by atoms with E-state index in [4.69, 9.17) is 0 Å². The van der Waals surface area contributed by atoms with Crippen molar-refractivity contribution in [2.24, 2.45) is 0 Å². The summed E-state index contributed by atoms with van der Waals surface area (Å²) < 4.78 is 18.4.